The predicted molar refractivity (Wildman–Crippen MR) is 253 cm³/mol. The van der Waals surface area contributed by atoms with E-state index in [-0.39, 0.29) is 46.5 Å². The van der Waals surface area contributed by atoms with E-state index in [4.69, 9.17) is 37.9 Å². The Morgan fingerprint density at radius 3 is 1.78 bits per heavy atom. The summed E-state index contributed by atoms with van der Waals surface area (Å²) in [6.45, 7) is 14.0. The Bertz CT molecular complexity index is 1940. The maximum atomic E-state index is 12.2. The molecule has 0 radical (unpaired) electrons. The highest BCUT2D eigenvalue weighted by molar-refractivity contribution is 5.33. The van der Waals surface area contributed by atoms with Crippen molar-refractivity contribution in [2.75, 3.05) is 19.8 Å². The molecule has 4 heterocycles. The Balaban J connectivity index is 1.00. The first-order valence-corrected chi connectivity index (χ1v) is 27.2. The summed E-state index contributed by atoms with van der Waals surface area (Å²) in [6.07, 6.45) is -24.8. The number of rotatable bonds is 14. The lowest BCUT2D eigenvalue weighted by atomic mass is 9.41. The summed E-state index contributed by atoms with van der Waals surface area (Å²) in [6, 6.07) is 0. The Kier molecular flexibility index (Phi) is 16.1. The lowest BCUT2D eigenvalue weighted by molar-refractivity contribution is -0.382. The van der Waals surface area contributed by atoms with Crippen molar-refractivity contribution in [1.82, 2.24) is 0 Å². The SMILES string of the molecule is C[C@H](CC[C@H](O)C(C)(C)O)[C@H]1[C@@H](O)C[C@@]2(C)[C@@H]3C[C@H](O[C@@H]4O[C@H](CO)[C@@H](O)[C@H](O)[C@H]4O)[C@H]4C(C)(C)[C@@H](O[C@@H]5OC[C@@H](O)[C@H](O)[C@H]5O[C@@H]5OC[C@H](O)[C@H](O)[C@H]5O[C@@H]5O[C@@H](C)[C@H](O)[C@@H](O)[C@H]5O)CC[C@@]45C[C@@]35CC[C@]12C. The van der Waals surface area contributed by atoms with E-state index >= 15 is 0 Å². The van der Waals surface area contributed by atoms with Gasteiger partial charge < -0.3 is 109 Å². The van der Waals surface area contributed by atoms with E-state index in [9.17, 15) is 71.5 Å². The standard InChI is InChI=1S/C52H88O22/c1-21(9-10-29(57)48(5,6)66)31-23(54)16-50(8)28-15-26(70-44-39(65)37(63)35(61)27(17-53)71-44)42-47(3,4)30(11-12-52(42)20-51(28,52)14-13-49(31,50)7)72-45-40(33(59)24(55)18-67-45)74-46-41(34(60)25(56)19-68-46)73-43-38(64)36(62)32(58)22(2)69-43/h21-46,53-66H,9-20H2,1-8H3/t21-,22+,23+,24-,25+,26+,27-,28+,29+,30+,31+,32+,33+,34+,35-,36-,37+,38-,39-,40-,41-,42+,43+,44-,45+,46+,49-,50+,51+,52-/m1/s1. The number of fused-ring (bicyclic) bond motifs is 2. The quantitative estimate of drug-likeness (QED) is 0.0827. The van der Waals surface area contributed by atoms with Crippen molar-refractivity contribution in [3.05, 3.63) is 0 Å². The molecule has 0 amide bonds. The fraction of sp³-hybridized carbons (Fsp3) is 1.00. The van der Waals surface area contributed by atoms with Crippen LogP contribution in [-0.4, -0.2) is 232 Å². The average molecular weight is 1070 g/mol. The van der Waals surface area contributed by atoms with Crippen LogP contribution in [0.5, 0.6) is 0 Å². The van der Waals surface area contributed by atoms with Crippen molar-refractivity contribution in [1.29, 1.82) is 0 Å². The van der Waals surface area contributed by atoms with Crippen LogP contribution >= 0.6 is 0 Å². The molecule has 14 N–H and O–H groups in total. The third-order valence-corrected chi connectivity index (χ3v) is 21.1. The summed E-state index contributed by atoms with van der Waals surface area (Å²) in [7, 11) is 0. The van der Waals surface area contributed by atoms with Gasteiger partial charge in [0.1, 0.15) is 79.4 Å². The normalized spacial score (nSPS) is 55.1. The fourth-order valence-electron chi connectivity index (χ4n) is 16.8. The molecule has 5 aliphatic carbocycles. The summed E-state index contributed by atoms with van der Waals surface area (Å²) in [5, 5.41) is 153. The Labute approximate surface area is 432 Å². The van der Waals surface area contributed by atoms with Crippen LogP contribution in [0.2, 0.25) is 0 Å². The number of aliphatic hydroxyl groups is 14. The van der Waals surface area contributed by atoms with E-state index in [2.05, 4.69) is 34.6 Å². The van der Waals surface area contributed by atoms with Crippen molar-refractivity contribution in [2.24, 2.45) is 50.7 Å². The van der Waals surface area contributed by atoms with E-state index < -0.39 is 165 Å². The third-order valence-electron chi connectivity index (χ3n) is 21.1. The monoisotopic (exact) mass is 1060 g/mol. The molecule has 9 rings (SSSR count). The largest absolute Gasteiger partial charge is 0.394 e. The summed E-state index contributed by atoms with van der Waals surface area (Å²) in [5.74, 6) is -0.402. The molecule has 9 fully saturated rings. The highest BCUT2D eigenvalue weighted by Crippen LogP contribution is 2.89. The van der Waals surface area contributed by atoms with Gasteiger partial charge in [-0.05, 0) is 129 Å². The second kappa shape index (κ2) is 20.6. The van der Waals surface area contributed by atoms with Gasteiger partial charge in [-0.2, -0.15) is 0 Å². The van der Waals surface area contributed by atoms with E-state index in [0.29, 0.717) is 38.5 Å². The Morgan fingerprint density at radius 1 is 0.622 bits per heavy atom. The van der Waals surface area contributed by atoms with Gasteiger partial charge in [0.15, 0.2) is 25.2 Å². The van der Waals surface area contributed by atoms with Gasteiger partial charge in [0.05, 0.1) is 55.9 Å². The molecule has 428 valence electrons. The van der Waals surface area contributed by atoms with Gasteiger partial charge >= 0.3 is 0 Å². The highest BCUT2D eigenvalue weighted by atomic mass is 16.8. The van der Waals surface area contributed by atoms with Crippen LogP contribution < -0.4 is 0 Å². The molecule has 4 saturated heterocycles. The molecular formula is C52H88O22. The molecule has 22 heteroatoms. The van der Waals surface area contributed by atoms with Crippen LogP contribution in [0.15, 0.2) is 0 Å². The lowest BCUT2D eigenvalue weighted by Gasteiger charge is -2.65. The molecule has 4 aliphatic heterocycles. The summed E-state index contributed by atoms with van der Waals surface area (Å²) in [4.78, 5) is 0. The summed E-state index contributed by atoms with van der Waals surface area (Å²) >= 11 is 0. The minimum Gasteiger partial charge on any atom is -0.394 e. The van der Waals surface area contributed by atoms with Gasteiger partial charge in [-0.15, -0.1) is 0 Å². The van der Waals surface area contributed by atoms with Crippen LogP contribution in [0.4, 0.5) is 0 Å². The minimum absolute atomic E-state index is 0.00857. The number of aliphatic hydroxyl groups excluding tert-OH is 13. The van der Waals surface area contributed by atoms with Crippen LogP contribution in [0.1, 0.15) is 113 Å². The molecular weight excluding hydrogens is 977 g/mol. The molecule has 0 aromatic carbocycles. The summed E-state index contributed by atoms with van der Waals surface area (Å²) < 4.78 is 49.8. The summed E-state index contributed by atoms with van der Waals surface area (Å²) in [5.41, 5.74) is -3.37. The van der Waals surface area contributed by atoms with Gasteiger partial charge in [-0.25, -0.2) is 0 Å². The van der Waals surface area contributed by atoms with Gasteiger partial charge in [-0.1, -0.05) is 34.6 Å². The number of hydrogen-bond donors (Lipinski definition) is 14. The second-order valence-electron chi connectivity index (χ2n) is 25.9. The van der Waals surface area contributed by atoms with Crippen LogP contribution in [-0.2, 0) is 37.9 Å². The van der Waals surface area contributed by atoms with Crippen LogP contribution in [0, 0.1) is 50.7 Å². The predicted octanol–water partition coefficient (Wildman–Crippen LogP) is -2.12. The van der Waals surface area contributed by atoms with E-state index in [0.717, 1.165) is 19.3 Å². The van der Waals surface area contributed by atoms with E-state index in [1.165, 1.54) is 6.92 Å². The zero-order valence-electron chi connectivity index (χ0n) is 44.0. The maximum absolute atomic E-state index is 12.2. The van der Waals surface area contributed by atoms with Gasteiger partial charge in [0, 0.05) is 0 Å². The van der Waals surface area contributed by atoms with Crippen molar-refractivity contribution >= 4 is 0 Å². The van der Waals surface area contributed by atoms with Gasteiger partial charge in [0.25, 0.3) is 0 Å². The first-order valence-electron chi connectivity index (χ1n) is 27.2. The van der Waals surface area contributed by atoms with Crippen LogP contribution in [0.25, 0.3) is 0 Å². The Hall–Kier alpha value is -0.880. The van der Waals surface area contributed by atoms with Gasteiger partial charge in [-0.3, -0.25) is 0 Å². The topological polar surface area (TPSA) is 357 Å². The maximum Gasteiger partial charge on any atom is 0.187 e. The van der Waals surface area contributed by atoms with E-state index in [1.807, 2.05) is 0 Å². The smallest absolute Gasteiger partial charge is 0.187 e. The Morgan fingerprint density at radius 2 is 1.19 bits per heavy atom. The lowest BCUT2D eigenvalue weighted by Crippen LogP contribution is -2.66. The molecule has 74 heavy (non-hydrogen) atoms. The molecule has 22 nitrogen and oxygen atoms in total. The molecule has 0 aromatic rings. The first-order chi connectivity index (χ1) is 34.5. The first kappa shape index (κ1) is 57.8. The molecule has 2 spiro atoms. The molecule has 0 bridgehead atoms. The average Bonchev–Trinajstić information content (AvgIpc) is 3.93. The van der Waals surface area contributed by atoms with Crippen molar-refractivity contribution in [2.45, 2.75) is 254 Å². The molecule has 9 aliphatic rings. The second-order valence-corrected chi connectivity index (χ2v) is 25.9. The minimum atomic E-state index is -1.79. The number of hydrogen-bond acceptors (Lipinski definition) is 22. The van der Waals surface area contributed by atoms with Gasteiger partial charge in [0.2, 0.25) is 0 Å². The third kappa shape index (κ3) is 9.28. The zero-order chi connectivity index (χ0) is 54.2. The van der Waals surface area contributed by atoms with Crippen molar-refractivity contribution in [3.8, 4) is 0 Å². The highest BCUT2D eigenvalue weighted by Gasteiger charge is 2.85. The molecule has 0 aromatic heterocycles. The molecule has 0 unspecified atom stereocenters. The fourth-order valence-corrected chi connectivity index (χ4v) is 16.8. The van der Waals surface area contributed by atoms with Crippen molar-refractivity contribution < 1.29 is 109 Å². The molecule has 5 saturated carbocycles. The van der Waals surface area contributed by atoms with Crippen molar-refractivity contribution in [3.63, 3.8) is 0 Å². The zero-order valence-corrected chi connectivity index (χ0v) is 44.0. The van der Waals surface area contributed by atoms with Crippen LogP contribution in [0.3, 0.4) is 0 Å². The van der Waals surface area contributed by atoms with E-state index in [1.54, 1.807) is 13.8 Å². The number of ether oxygens (including phenoxy) is 8. The molecule has 30 atom stereocenters.